The van der Waals surface area contributed by atoms with Gasteiger partial charge in [0.05, 0.1) is 5.92 Å². The second-order valence-electron chi connectivity index (χ2n) is 7.89. The van der Waals surface area contributed by atoms with Gasteiger partial charge < -0.3 is 15.5 Å². The molecule has 0 aromatic heterocycles. The van der Waals surface area contributed by atoms with E-state index in [2.05, 4.69) is 34.4 Å². The number of piperazine rings is 1. The number of likely N-dealkylation sites (N-methyl/N-ethyl adjacent to an activating group) is 1. The number of rotatable bonds is 3. The third kappa shape index (κ3) is 4.46. The van der Waals surface area contributed by atoms with Gasteiger partial charge in [0.15, 0.2) is 0 Å². The van der Waals surface area contributed by atoms with Crippen LogP contribution in [0.1, 0.15) is 45.4 Å². The molecular formula is C18H34N4O. The number of nitrogens with one attached hydrogen (secondary N) is 2. The molecule has 0 aromatic rings. The minimum Gasteiger partial charge on any atom is -0.352 e. The number of carbonyl (C=O) groups excluding carboxylic acids is 1. The van der Waals surface area contributed by atoms with E-state index in [1.54, 1.807) is 0 Å². The SMILES string of the molecule is CC1CCC(NC(=O)C2CCCCC2N2CCN(C)CC2)CN1. The fraction of sp³-hybridized carbons (Fsp3) is 0.944. The molecule has 2 heterocycles. The standard InChI is InChI=1S/C18H34N4O/c1-14-7-8-15(13-19-14)20-18(23)16-5-3-4-6-17(16)22-11-9-21(2)10-12-22/h14-17,19H,3-13H2,1-2H3,(H,20,23). The molecule has 3 fully saturated rings. The smallest absolute Gasteiger partial charge is 0.224 e. The van der Waals surface area contributed by atoms with Crippen LogP contribution >= 0.6 is 0 Å². The van der Waals surface area contributed by atoms with E-state index in [9.17, 15) is 4.79 Å². The molecule has 2 saturated heterocycles. The minimum absolute atomic E-state index is 0.200. The summed E-state index contributed by atoms with van der Waals surface area (Å²) in [5.41, 5.74) is 0. The maximum atomic E-state index is 12.9. The molecule has 1 aliphatic carbocycles. The third-order valence-electron chi connectivity index (χ3n) is 6.08. The summed E-state index contributed by atoms with van der Waals surface area (Å²) in [7, 11) is 2.19. The van der Waals surface area contributed by atoms with Crippen LogP contribution in [0.4, 0.5) is 0 Å². The molecule has 2 N–H and O–H groups in total. The maximum Gasteiger partial charge on any atom is 0.224 e. The first-order valence-corrected chi connectivity index (χ1v) is 9.60. The summed E-state index contributed by atoms with van der Waals surface area (Å²) < 4.78 is 0. The number of hydrogen-bond acceptors (Lipinski definition) is 4. The van der Waals surface area contributed by atoms with Gasteiger partial charge in [0.2, 0.25) is 5.91 Å². The van der Waals surface area contributed by atoms with E-state index in [1.807, 2.05) is 0 Å². The zero-order chi connectivity index (χ0) is 16.2. The highest BCUT2D eigenvalue weighted by Crippen LogP contribution is 2.29. The first-order chi connectivity index (χ1) is 11.1. The zero-order valence-corrected chi connectivity index (χ0v) is 14.9. The van der Waals surface area contributed by atoms with Gasteiger partial charge in [-0.1, -0.05) is 12.8 Å². The van der Waals surface area contributed by atoms with Crippen molar-refractivity contribution >= 4 is 5.91 Å². The van der Waals surface area contributed by atoms with Gasteiger partial charge in [0.1, 0.15) is 0 Å². The quantitative estimate of drug-likeness (QED) is 0.815. The van der Waals surface area contributed by atoms with E-state index >= 15 is 0 Å². The highest BCUT2D eigenvalue weighted by Gasteiger charge is 2.36. The van der Waals surface area contributed by atoms with Crippen LogP contribution in [-0.4, -0.2) is 73.6 Å². The Kier molecular flexibility index (Phi) is 5.94. The van der Waals surface area contributed by atoms with Crippen LogP contribution in [0.3, 0.4) is 0 Å². The van der Waals surface area contributed by atoms with Crippen molar-refractivity contribution in [1.29, 1.82) is 0 Å². The average Bonchev–Trinajstić information content (AvgIpc) is 2.58. The lowest BCUT2D eigenvalue weighted by Crippen LogP contribution is -2.56. The highest BCUT2D eigenvalue weighted by molar-refractivity contribution is 5.79. The van der Waals surface area contributed by atoms with Gasteiger partial charge in [-0.3, -0.25) is 9.69 Å². The molecule has 0 spiro atoms. The summed E-state index contributed by atoms with van der Waals surface area (Å²) in [6.45, 7) is 7.66. The van der Waals surface area contributed by atoms with E-state index in [-0.39, 0.29) is 5.92 Å². The zero-order valence-electron chi connectivity index (χ0n) is 14.9. The molecule has 23 heavy (non-hydrogen) atoms. The van der Waals surface area contributed by atoms with Gasteiger partial charge in [-0.2, -0.15) is 0 Å². The monoisotopic (exact) mass is 322 g/mol. The van der Waals surface area contributed by atoms with Crippen molar-refractivity contribution in [3.63, 3.8) is 0 Å². The van der Waals surface area contributed by atoms with Crippen LogP contribution in [0.5, 0.6) is 0 Å². The van der Waals surface area contributed by atoms with Crippen molar-refractivity contribution in [3.05, 3.63) is 0 Å². The van der Waals surface area contributed by atoms with Crippen LogP contribution in [0.15, 0.2) is 0 Å². The van der Waals surface area contributed by atoms with E-state index in [0.717, 1.165) is 52.0 Å². The summed E-state index contributed by atoms with van der Waals surface area (Å²) in [6, 6.07) is 1.39. The molecule has 2 aliphatic heterocycles. The van der Waals surface area contributed by atoms with E-state index in [4.69, 9.17) is 0 Å². The first-order valence-electron chi connectivity index (χ1n) is 9.60. The molecule has 1 amide bonds. The van der Waals surface area contributed by atoms with Crippen molar-refractivity contribution in [1.82, 2.24) is 20.4 Å². The largest absolute Gasteiger partial charge is 0.352 e. The number of piperidine rings is 1. The normalized spacial score (nSPS) is 37.5. The van der Waals surface area contributed by atoms with Crippen LogP contribution in [0.25, 0.3) is 0 Å². The molecule has 3 rings (SSSR count). The van der Waals surface area contributed by atoms with Crippen LogP contribution in [0, 0.1) is 5.92 Å². The van der Waals surface area contributed by atoms with Gasteiger partial charge >= 0.3 is 0 Å². The fourth-order valence-corrected chi connectivity index (χ4v) is 4.44. The number of carbonyl (C=O) groups is 1. The van der Waals surface area contributed by atoms with Gasteiger partial charge in [-0.15, -0.1) is 0 Å². The molecule has 1 saturated carbocycles. The van der Waals surface area contributed by atoms with Crippen LogP contribution in [0.2, 0.25) is 0 Å². The Bertz CT molecular complexity index is 386. The van der Waals surface area contributed by atoms with Crippen molar-refractivity contribution in [2.24, 2.45) is 5.92 Å². The fourth-order valence-electron chi connectivity index (χ4n) is 4.44. The Morgan fingerprint density at radius 1 is 1.04 bits per heavy atom. The lowest BCUT2D eigenvalue weighted by Gasteiger charge is -2.43. The Morgan fingerprint density at radius 3 is 2.48 bits per heavy atom. The van der Waals surface area contributed by atoms with Gasteiger partial charge in [0.25, 0.3) is 0 Å². The van der Waals surface area contributed by atoms with Crippen LogP contribution < -0.4 is 10.6 Å². The summed E-state index contributed by atoms with van der Waals surface area (Å²) in [5.74, 6) is 0.515. The Balaban J connectivity index is 1.56. The predicted molar refractivity (Wildman–Crippen MR) is 93.4 cm³/mol. The molecule has 5 heteroatoms. The number of hydrogen-bond donors (Lipinski definition) is 2. The van der Waals surface area contributed by atoms with E-state index in [1.165, 1.54) is 19.3 Å². The molecule has 4 atom stereocenters. The molecule has 0 radical (unpaired) electrons. The number of amides is 1. The molecular weight excluding hydrogens is 288 g/mol. The second-order valence-corrected chi connectivity index (χ2v) is 7.89. The Hall–Kier alpha value is -0.650. The van der Waals surface area contributed by atoms with Crippen molar-refractivity contribution < 1.29 is 4.79 Å². The van der Waals surface area contributed by atoms with Crippen molar-refractivity contribution in [2.45, 2.75) is 63.6 Å². The molecule has 4 unspecified atom stereocenters. The van der Waals surface area contributed by atoms with E-state index < -0.39 is 0 Å². The summed E-state index contributed by atoms with van der Waals surface area (Å²) in [5, 5.41) is 6.84. The molecule has 0 bridgehead atoms. The maximum absolute atomic E-state index is 12.9. The summed E-state index contributed by atoms with van der Waals surface area (Å²) in [4.78, 5) is 17.9. The lowest BCUT2D eigenvalue weighted by atomic mass is 9.82. The van der Waals surface area contributed by atoms with Crippen molar-refractivity contribution in [2.75, 3.05) is 39.8 Å². The topological polar surface area (TPSA) is 47.6 Å². The van der Waals surface area contributed by atoms with Crippen molar-refractivity contribution in [3.8, 4) is 0 Å². The summed E-state index contributed by atoms with van der Waals surface area (Å²) in [6.07, 6.45) is 7.04. The molecule has 0 aromatic carbocycles. The van der Waals surface area contributed by atoms with Gasteiger partial charge in [-0.25, -0.2) is 0 Å². The minimum atomic E-state index is 0.200. The summed E-state index contributed by atoms with van der Waals surface area (Å²) >= 11 is 0. The lowest BCUT2D eigenvalue weighted by molar-refractivity contribution is -0.129. The van der Waals surface area contributed by atoms with Crippen LogP contribution in [-0.2, 0) is 4.79 Å². The van der Waals surface area contributed by atoms with Gasteiger partial charge in [-0.05, 0) is 39.7 Å². The second kappa shape index (κ2) is 7.95. The molecule has 5 nitrogen and oxygen atoms in total. The van der Waals surface area contributed by atoms with E-state index in [0.29, 0.717) is 24.0 Å². The Labute approximate surface area is 141 Å². The average molecular weight is 322 g/mol. The highest BCUT2D eigenvalue weighted by atomic mass is 16.2. The molecule has 3 aliphatic rings. The first kappa shape index (κ1) is 17.2. The Morgan fingerprint density at radius 2 is 1.78 bits per heavy atom. The van der Waals surface area contributed by atoms with Gasteiger partial charge in [0, 0.05) is 50.8 Å². The third-order valence-corrected chi connectivity index (χ3v) is 6.08. The molecule has 132 valence electrons. The predicted octanol–water partition coefficient (Wildman–Crippen LogP) is 1.05. The number of nitrogens with zero attached hydrogens (tertiary/aromatic N) is 2.